The van der Waals surface area contributed by atoms with Crippen LogP contribution < -0.4 is 5.32 Å². The number of nitrogens with zero attached hydrogens (tertiary/aromatic N) is 3. The van der Waals surface area contributed by atoms with Crippen LogP contribution in [-0.2, 0) is 9.53 Å². The van der Waals surface area contributed by atoms with Crippen molar-refractivity contribution in [3.63, 3.8) is 0 Å². The molecule has 0 radical (unpaired) electrons. The van der Waals surface area contributed by atoms with Crippen LogP contribution in [0.25, 0.3) is 4.96 Å². The first-order valence-corrected chi connectivity index (χ1v) is 6.51. The van der Waals surface area contributed by atoms with E-state index in [4.69, 9.17) is 4.74 Å². The molecule has 0 saturated carbocycles. The summed E-state index contributed by atoms with van der Waals surface area (Å²) in [5, 5.41) is 15.5. The lowest BCUT2D eigenvalue weighted by Gasteiger charge is -2.03. The van der Waals surface area contributed by atoms with E-state index in [2.05, 4.69) is 10.3 Å². The Morgan fingerprint density at radius 2 is 2.47 bits per heavy atom. The van der Waals surface area contributed by atoms with Crippen molar-refractivity contribution < 1.29 is 14.5 Å². The summed E-state index contributed by atoms with van der Waals surface area (Å²) in [7, 11) is 0. The maximum Gasteiger partial charge on any atom is 0.372 e. The number of carbonyl (C=O) groups excluding carboxylic acids is 1. The van der Waals surface area contributed by atoms with Gasteiger partial charge in [0.2, 0.25) is 5.82 Å². The highest BCUT2D eigenvalue weighted by molar-refractivity contribution is 7.15. The number of esters is 1. The SMILES string of the molecule is CCOC(=O)CCNc1nc2sccn2c1[N+](=O)[O-]. The monoisotopic (exact) mass is 284 g/mol. The number of rotatable bonds is 6. The molecule has 0 aliphatic carbocycles. The molecule has 0 aliphatic heterocycles. The summed E-state index contributed by atoms with van der Waals surface area (Å²) in [6.07, 6.45) is 1.72. The van der Waals surface area contributed by atoms with E-state index in [-0.39, 0.29) is 30.6 Å². The molecule has 0 amide bonds. The summed E-state index contributed by atoms with van der Waals surface area (Å²) in [5.74, 6) is -0.306. The second kappa shape index (κ2) is 5.65. The van der Waals surface area contributed by atoms with Crippen molar-refractivity contribution in [3.05, 3.63) is 21.7 Å². The molecule has 0 saturated heterocycles. The molecule has 2 aromatic heterocycles. The predicted octanol–water partition coefficient (Wildman–Crippen LogP) is 1.67. The lowest BCUT2D eigenvalue weighted by Crippen LogP contribution is -2.12. The first kappa shape index (κ1) is 13.3. The summed E-state index contributed by atoms with van der Waals surface area (Å²) < 4.78 is 6.17. The summed E-state index contributed by atoms with van der Waals surface area (Å²) in [6.45, 7) is 2.28. The number of imidazole rings is 1. The fraction of sp³-hybridized carbons (Fsp3) is 0.400. The minimum Gasteiger partial charge on any atom is -0.466 e. The predicted molar refractivity (Wildman–Crippen MR) is 69.5 cm³/mol. The van der Waals surface area contributed by atoms with Crippen molar-refractivity contribution >= 4 is 33.9 Å². The van der Waals surface area contributed by atoms with Crippen molar-refractivity contribution in [3.8, 4) is 0 Å². The van der Waals surface area contributed by atoms with Gasteiger partial charge in [-0.15, -0.1) is 0 Å². The fourth-order valence-electron chi connectivity index (χ4n) is 1.58. The van der Waals surface area contributed by atoms with Gasteiger partial charge in [-0.05, 0) is 11.8 Å². The minimum atomic E-state index is -0.501. The van der Waals surface area contributed by atoms with Gasteiger partial charge in [0.05, 0.1) is 13.0 Å². The molecular formula is C10H12N4O4S. The van der Waals surface area contributed by atoms with E-state index in [1.807, 2.05) is 0 Å². The Morgan fingerprint density at radius 1 is 1.68 bits per heavy atom. The van der Waals surface area contributed by atoms with Crippen LogP contribution in [0.15, 0.2) is 11.6 Å². The topological polar surface area (TPSA) is 98.8 Å². The van der Waals surface area contributed by atoms with E-state index in [0.29, 0.717) is 11.6 Å². The number of hydrogen-bond donors (Lipinski definition) is 1. The van der Waals surface area contributed by atoms with Crippen LogP contribution in [0.3, 0.4) is 0 Å². The van der Waals surface area contributed by atoms with Crippen molar-refractivity contribution in [1.82, 2.24) is 9.38 Å². The highest BCUT2D eigenvalue weighted by Crippen LogP contribution is 2.27. The first-order chi connectivity index (χ1) is 9.13. The van der Waals surface area contributed by atoms with Crippen LogP contribution in [0.5, 0.6) is 0 Å². The van der Waals surface area contributed by atoms with Gasteiger partial charge in [0.1, 0.15) is 6.20 Å². The Kier molecular flexibility index (Phi) is 3.95. The van der Waals surface area contributed by atoms with Crippen LogP contribution >= 0.6 is 11.3 Å². The zero-order valence-electron chi connectivity index (χ0n) is 10.2. The van der Waals surface area contributed by atoms with Crippen LogP contribution in [0.2, 0.25) is 0 Å². The zero-order valence-corrected chi connectivity index (χ0v) is 11.0. The molecule has 2 aromatic rings. The number of anilines is 1. The largest absolute Gasteiger partial charge is 0.466 e. The lowest BCUT2D eigenvalue weighted by atomic mass is 10.4. The van der Waals surface area contributed by atoms with Crippen LogP contribution in [0.4, 0.5) is 11.6 Å². The average Bonchev–Trinajstić information content (AvgIpc) is 2.88. The van der Waals surface area contributed by atoms with Crippen molar-refractivity contribution in [2.24, 2.45) is 0 Å². The molecule has 0 aliphatic rings. The molecule has 1 N–H and O–H groups in total. The molecule has 2 heterocycles. The van der Waals surface area contributed by atoms with Gasteiger partial charge in [-0.1, -0.05) is 11.3 Å². The van der Waals surface area contributed by atoms with Crippen molar-refractivity contribution in [2.45, 2.75) is 13.3 Å². The second-order valence-corrected chi connectivity index (χ2v) is 4.45. The van der Waals surface area contributed by atoms with Gasteiger partial charge in [0.25, 0.3) is 4.96 Å². The first-order valence-electron chi connectivity index (χ1n) is 5.63. The van der Waals surface area contributed by atoms with E-state index in [1.165, 1.54) is 15.7 Å². The van der Waals surface area contributed by atoms with E-state index in [0.717, 1.165) is 0 Å². The minimum absolute atomic E-state index is 0.125. The van der Waals surface area contributed by atoms with Gasteiger partial charge in [0, 0.05) is 11.9 Å². The maximum atomic E-state index is 11.2. The van der Waals surface area contributed by atoms with Gasteiger partial charge in [-0.2, -0.15) is 9.38 Å². The van der Waals surface area contributed by atoms with Gasteiger partial charge in [0.15, 0.2) is 0 Å². The standard InChI is InChI=1S/C10H12N4O4S/c1-2-18-7(15)3-4-11-8-9(14(16)17)13-5-6-19-10(13)12-8/h5-6,11H,2-4H2,1H3. The van der Waals surface area contributed by atoms with Gasteiger partial charge in [-0.25, -0.2) is 0 Å². The average molecular weight is 284 g/mol. The number of nitrogens with one attached hydrogen (secondary N) is 1. The number of aromatic nitrogens is 2. The van der Waals surface area contributed by atoms with E-state index >= 15 is 0 Å². The Balaban J connectivity index is 2.08. The smallest absolute Gasteiger partial charge is 0.372 e. The number of hydrogen-bond acceptors (Lipinski definition) is 7. The molecular weight excluding hydrogens is 272 g/mol. The molecule has 0 fully saturated rings. The van der Waals surface area contributed by atoms with Crippen LogP contribution in [0.1, 0.15) is 13.3 Å². The van der Waals surface area contributed by atoms with E-state index < -0.39 is 4.92 Å². The Labute approximate surface area is 112 Å². The molecule has 0 unspecified atom stereocenters. The molecule has 2 rings (SSSR count). The summed E-state index contributed by atoms with van der Waals surface area (Å²) in [5.41, 5.74) is 0. The number of carbonyl (C=O) groups is 1. The van der Waals surface area contributed by atoms with E-state index in [9.17, 15) is 14.9 Å². The third-order valence-corrected chi connectivity index (χ3v) is 3.09. The van der Waals surface area contributed by atoms with Crippen LogP contribution in [-0.4, -0.2) is 33.4 Å². The molecule has 0 spiro atoms. The van der Waals surface area contributed by atoms with Crippen molar-refractivity contribution in [1.29, 1.82) is 0 Å². The molecule has 0 atom stereocenters. The van der Waals surface area contributed by atoms with Crippen LogP contribution in [0, 0.1) is 10.1 Å². The maximum absolute atomic E-state index is 11.2. The summed E-state index contributed by atoms with van der Waals surface area (Å²) in [6, 6.07) is 0. The van der Waals surface area contributed by atoms with Gasteiger partial charge in [-0.3, -0.25) is 4.79 Å². The van der Waals surface area contributed by atoms with Gasteiger partial charge >= 0.3 is 11.8 Å². The quantitative estimate of drug-likeness (QED) is 0.492. The lowest BCUT2D eigenvalue weighted by molar-refractivity contribution is -0.389. The summed E-state index contributed by atoms with van der Waals surface area (Å²) in [4.78, 5) is 26.3. The fourth-order valence-corrected chi connectivity index (χ4v) is 2.29. The third kappa shape index (κ3) is 2.81. The normalized spacial score (nSPS) is 10.6. The Morgan fingerprint density at radius 3 is 3.16 bits per heavy atom. The third-order valence-electron chi connectivity index (χ3n) is 2.34. The molecule has 19 heavy (non-hydrogen) atoms. The van der Waals surface area contributed by atoms with Crippen molar-refractivity contribution in [2.75, 3.05) is 18.5 Å². The van der Waals surface area contributed by atoms with Gasteiger partial charge < -0.3 is 20.2 Å². The molecule has 8 nitrogen and oxygen atoms in total. The number of ether oxygens (including phenoxy) is 1. The number of fused-ring (bicyclic) bond motifs is 1. The van der Waals surface area contributed by atoms with E-state index in [1.54, 1.807) is 18.5 Å². The highest BCUT2D eigenvalue weighted by atomic mass is 32.1. The second-order valence-electron chi connectivity index (χ2n) is 3.58. The molecule has 102 valence electrons. The molecule has 0 aromatic carbocycles. The number of nitro groups is 1. The highest BCUT2D eigenvalue weighted by Gasteiger charge is 2.23. The molecule has 9 heteroatoms. The molecule has 0 bridgehead atoms. The number of thiazole rings is 1. The zero-order chi connectivity index (χ0) is 13.8. The Hall–Kier alpha value is -2.16. The summed E-state index contributed by atoms with van der Waals surface area (Å²) >= 11 is 1.30. The Bertz CT molecular complexity index is 606.